The van der Waals surface area contributed by atoms with Gasteiger partial charge in [0.25, 0.3) is 0 Å². The fraction of sp³-hybridized carbons (Fsp3) is 0.357. The average Bonchev–Trinajstić information content (AvgIpc) is 3.51. The van der Waals surface area contributed by atoms with Gasteiger partial charge in [-0.25, -0.2) is 9.18 Å². The van der Waals surface area contributed by atoms with E-state index in [0.29, 0.717) is 58.2 Å². The predicted molar refractivity (Wildman–Crippen MR) is 142 cm³/mol. The van der Waals surface area contributed by atoms with Gasteiger partial charge in [0.1, 0.15) is 34.5 Å². The van der Waals surface area contributed by atoms with Gasteiger partial charge in [-0.05, 0) is 37.1 Å². The minimum absolute atomic E-state index is 0.0506. The molecule has 0 atom stereocenters. The van der Waals surface area contributed by atoms with E-state index in [9.17, 15) is 9.90 Å². The molecule has 2 aromatic heterocycles. The van der Waals surface area contributed by atoms with Crippen LogP contribution in [0.25, 0.3) is 22.2 Å². The summed E-state index contributed by atoms with van der Waals surface area (Å²) in [7, 11) is 0. The molecule has 0 bridgehead atoms. The Labute approximate surface area is 228 Å². The number of fused-ring (bicyclic) bond motifs is 1. The number of aromatic nitrogens is 1. The normalized spacial score (nSPS) is 17.3. The number of benzene rings is 2. The largest absolute Gasteiger partial charge is 0.478 e. The van der Waals surface area contributed by atoms with Gasteiger partial charge in [-0.3, -0.25) is 0 Å². The number of carboxylic acid groups (broad SMARTS) is 1. The van der Waals surface area contributed by atoms with E-state index in [-0.39, 0.29) is 24.7 Å². The van der Waals surface area contributed by atoms with E-state index in [1.165, 1.54) is 6.26 Å². The Morgan fingerprint density at radius 1 is 1.18 bits per heavy atom. The molecular formula is C28H25Cl2FN2O5. The number of hydrogen-bond acceptors (Lipinski definition) is 6. The number of hydrogen-bond donors (Lipinski definition) is 1. The summed E-state index contributed by atoms with van der Waals surface area (Å²) in [4.78, 5) is 13.4. The van der Waals surface area contributed by atoms with Gasteiger partial charge in [0, 0.05) is 60.1 Å². The molecule has 2 aromatic carbocycles. The molecule has 4 aromatic rings. The molecular weight excluding hydrogens is 534 g/mol. The second-order valence-corrected chi connectivity index (χ2v) is 10.8. The highest BCUT2D eigenvalue weighted by Gasteiger charge is 2.37. The predicted octanol–water partition coefficient (Wildman–Crippen LogP) is 7.50. The second kappa shape index (κ2) is 9.91. The van der Waals surface area contributed by atoms with Crippen LogP contribution in [-0.4, -0.2) is 41.6 Å². The zero-order valence-corrected chi connectivity index (χ0v) is 21.9. The van der Waals surface area contributed by atoms with E-state index < -0.39 is 11.6 Å². The Morgan fingerprint density at radius 2 is 1.92 bits per heavy atom. The Kier molecular flexibility index (Phi) is 6.58. The Bertz CT molecular complexity index is 1480. The smallest absolute Gasteiger partial charge is 0.339 e. The van der Waals surface area contributed by atoms with Gasteiger partial charge >= 0.3 is 5.97 Å². The number of rotatable bonds is 8. The molecule has 0 spiro atoms. The number of nitrogens with zero attached hydrogens (tertiary/aromatic N) is 2. The zero-order chi connectivity index (χ0) is 26.4. The molecule has 7 nitrogen and oxygen atoms in total. The molecule has 198 valence electrons. The SMILES string of the molecule is O=C(O)c1coc2cc(N3CCC(F)(COCc4c(-c5c(Cl)cccc5Cl)noc4C4CC4)CC3)ccc12. The molecule has 10 heteroatoms. The van der Waals surface area contributed by atoms with Crippen molar-refractivity contribution in [1.29, 1.82) is 0 Å². The molecule has 1 aliphatic heterocycles. The van der Waals surface area contributed by atoms with E-state index in [2.05, 4.69) is 10.1 Å². The third-order valence-electron chi connectivity index (χ3n) is 7.39. The summed E-state index contributed by atoms with van der Waals surface area (Å²) in [5, 5.41) is 15.0. The first-order valence-corrected chi connectivity index (χ1v) is 13.3. The Morgan fingerprint density at radius 3 is 2.61 bits per heavy atom. The van der Waals surface area contributed by atoms with Crippen LogP contribution in [0.15, 0.2) is 51.6 Å². The molecule has 1 saturated carbocycles. The molecule has 1 N–H and O–H groups in total. The highest BCUT2D eigenvalue weighted by Crippen LogP contribution is 2.46. The van der Waals surface area contributed by atoms with Crippen LogP contribution in [0, 0.1) is 0 Å². The summed E-state index contributed by atoms with van der Waals surface area (Å²) in [6.45, 7) is 1.10. The first-order valence-electron chi connectivity index (χ1n) is 12.5. The quantitative estimate of drug-likeness (QED) is 0.239. The third kappa shape index (κ3) is 4.77. The standard InChI is InChI=1S/C28H25Cl2FN2O5/c29-21-2-1-3-22(30)24(21)25-20(26(38-32-25)16-4-5-16)13-36-15-28(31)8-10-33(11-9-28)17-6-7-18-19(27(34)35)14-37-23(18)12-17/h1-3,6-7,12,14,16H,4-5,8-11,13,15H2,(H,34,35). The van der Waals surface area contributed by atoms with Crippen LogP contribution < -0.4 is 4.90 Å². The lowest BCUT2D eigenvalue weighted by atomic mass is 9.93. The van der Waals surface area contributed by atoms with Crippen LogP contribution in [-0.2, 0) is 11.3 Å². The first kappa shape index (κ1) is 25.2. The van der Waals surface area contributed by atoms with Crippen molar-refractivity contribution in [3.8, 4) is 11.3 Å². The lowest BCUT2D eigenvalue weighted by Crippen LogP contribution is -2.44. The molecule has 0 radical (unpaired) electrons. The van der Waals surface area contributed by atoms with Crippen molar-refractivity contribution in [2.24, 2.45) is 0 Å². The average molecular weight is 559 g/mol. The van der Waals surface area contributed by atoms with E-state index in [1.807, 2.05) is 6.07 Å². The molecule has 1 aliphatic carbocycles. The van der Waals surface area contributed by atoms with Crippen LogP contribution in [0.2, 0.25) is 10.0 Å². The Balaban J connectivity index is 1.12. The van der Waals surface area contributed by atoms with Crippen LogP contribution in [0.5, 0.6) is 0 Å². The van der Waals surface area contributed by atoms with E-state index in [4.69, 9.17) is 36.9 Å². The topological polar surface area (TPSA) is 88.9 Å². The van der Waals surface area contributed by atoms with Crippen molar-refractivity contribution in [3.05, 3.63) is 69.6 Å². The molecule has 0 unspecified atom stereocenters. The highest BCUT2D eigenvalue weighted by molar-refractivity contribution is 6.39. The Hall–Kier alpha value is -3.07. The number of carbonyl (C=O) groups is 1. The van der Waals surface area contributed by atoms with Crippen LogP contribution in [0.3, 0.4) is 0 Å². The molecule has 1 saturated heterocycles. The molecule has 2 fully saturated rings. The maximum atomic E-state index is 15.7. The summed E-state index contributed by atoms with van der Waals surface area (Å²) in [6.07, 6.45) is 3.87. The number of piperidine rings is 1. The van der Waals surface area contributed by atoms with Crippen LogP contribution in [0.4, 0.5) is 10.1 Å². The number of alkyl halides is 1. The highest BCUT2D eigenvalue weighted by atomic mass is 35.5. The fourth-order valence-corrected chi connectivity index (χ4v) is 5.65. The molecule has 6 rings (SSSR count). The van der Waals surface area contributed by atoms with Crippen molar-refractivity contribution in [1.82, 2.24) is 5.16 Å². The van der Waals surface area contributed by atoms with Gasteiger partial charge in [-0.1, -0.05) is 34.4 Å². The maximum absolute atomic E-state index is 15.7. The van der Waals surface area contributed by atoms with E-state index in [1.54, 1.807) is 30.3 Å². The summed E-state index contributed by atoms with van der Waals surface area (Å²) >= 11 is 12.9. The molecule has 38 heavy (non-hydrogen) atoms. The van der Waals surface area contributed by atoms with Crippen molar-refractivity contribution in [2.45, 2.75) is 43.9 Å². The summed E-state index contributed by atoms with van der Waals surface area (Å²) < 4.78 is 32.8. The molecule has 0 amide bonds. The lowest BCUT2D eigenvalue weighted by molar-refractivity contribution is -0.00756. The van der Waals surface area contributed by atoms with Crippen molar-refractivity contribution in [3.63, 3.8) is 0 Å². The van der Waals surface area contributed by atoms with Crippen molar-refractivity contribution < 1.29 is 28.0 Å². The van der Waals surface area contributed by atoms with Gasteiger partial charge in [-0.2, -0.15) is 0 Å². The fourth-order valence-electron chi connectivity index (χ4n) is 5.07. The van der Waals surface area contributed by atoms with Gasteiger partial charge in [-0.15, -0.1) is 0 Å². The van der Waals surface area contributed by atoms with Gasteiger partial charge < -0.3 is 23.7 Å². The van der Waals surface area contributed by atoms with Gasteiger partial charge in [0.05, 0.1) is 23.3 Å². The number of carboxylic acids is 1. The monoisotopic (exact) mass is 558 g/mol. The minimum atomic E-state index is -1.47. The minimum Gasteiger partial charge on any atom is -0.478 e. The van der Waals surface area contributed by atoms with Crippen LogP contribution >= 0.6 is 23.2 Å². The summed E-state index contributed by atoms with van der Waals surface area (Å²) in [5.41, 5.74) is 1.93. The van der Waals surface area contributed by atoms with E-state index >= 15 is 4.39 Å². The number of aromatic carboxylic acids is 1. The lowest BCUT2D eigenvalue weighted by Gasteiger charge is -2.37. The zero-order valence-electron chi connectivity index (χ0n) is 20.4. The number of ether oxygens (including phenoxy) is 1. The van der Waals surface area contributed by atoms with Crippen LogP contribution in [0.1, 0.15) is 53.3 Å². The van der Waals surface area contributed by atoms with E-state index in [0.717, 1.165) is 29.9 Å². The van der Waals surface area contributed by atoms with Gasteiger partial charge in [0.15, 0.2) is 0 Å². The number of halogens is 3. The number of anilines is 1. The second-order valence-electron chi connectivity index (χ2n) is 10.0. The third-order valence-corrected chi connectivity index (χ3v) is 8.02. The van der Waals surface area contributed by atoms with Gasteiger partial charge in [0.2, 0.25) is 0 Å². The maximum Gasteiger partial charge on any atom is 0.339 e. The molecule has 3 heterocycles. The first-order chi connectivity index (χ1) is 18.3. The van der Waals surface area contributed by atoms with Crippen molar-refractivity contribution in [2.75, 3.05) is 24.6 Å². The van der Waals surface area contributed by atoms with Crippen molar-refractivity contribution >= 4 is 45.8 Å². The number of furan rings is 1. The summed E-state index contributed by atoms with van der Waals surface area (Å²) in [6, 6.07) is 10.6. The summed E-state index contributed by atoms with van der Waals surface area (Å²) in [5.74, 6) is 0.0177. The molecule has 2 aliphatic rings.